The van der Waals surface area contributed by atoms with Crippen LogP contribution in [0.5, 0.6) is 0 Å². The van der Waals surface area contributed by atoms with Gasteiger partial charge in [-0.15, -0.1) is 0 Å². The van der Waals surface area contributed by atoms with E-state index in [-0.39, 0.29) is 12.3 Å². The van der Waals surface area contributed by atoms with Gasteiger partial charge in [0.05, 0.1) is 12.7 Å². The Labute approximate surface area is 117 Å². The second kappa shape index (κ2) is 7.69. The van der Waals surface area contributed by atoms with Gasteiger partial charge in [-0.05, 0) is 24.5 Å². The Bertz CT molecular complexity index is 427. The lowest BCUT2D eigenvalue weighted by Gasteiger charge is -2.22. The SMILES string of the molecule is CC(C)CC(N[C@H](CC(=O)O)Cc1ccco1)C(=O)O. The molecule has 0 radical (unpaired) electrons. The van der Waals surface area contributed by atoms with E-state index in [4.69, 9.17) is 9.52 Å². The van der Waals surface area contributed by atoms with Crippen LogP contribution in [-0.4, -0.2) is 34.2 Å². The highest BCUT2D eigenvalue weighted by molar-refractivity contribution is 5.73. The summed E-state index contributed by atoms with van der Waals surface area (Å²) in [5.41, 5.74) is 0. The molecule has 0 bridgehead atoms. The molecule has 0 aromatic carbocycles. The summed E-state index contributed by atoms with van der Waals surface area (Å²) < 4.78 is 5.19. The third-order valence-electron chi connectivity index (χ3n) is 2.89. The molecule has 6 heteroatoms. The van der Waals surface area contributed by atoms with Crippen molar-refractivity contribution in [1.82, 2.24) is 5.32 Å². The van der Waals surface area contributed by atoms with Gasteiger partial charge in [-0.3, -0.25) is 9.59 Å². The zero-order valence-corrected chi connectivity index (χ0v) is 11.7. The molecule has 0 amide bonds. The molecule has 1 rings (SSSR count). The van der Waals surface area contributed by atoms with E-state index < -0.39 is 24.0 Å². The highest BCUT2D eigenvalue weighted by Crippen LogP contribution is 2.11. The van der Waals surface area contributed by atoms with Crippen LogP contribution in [0.1, 0.15) is 32.4 Å². The maximum atomic E-state index is 11.2. The van der Waals surface area contributed by atoms with Crippen molar-refractivity contribution in [3.05, 3.63) is 24.2 Å². The van der Waals surface area contributed by atoms with Gasteiger partial charge in [-0.2, -0.15) is 0 Å². The normalized spacial score (nSPS) is 14.2. The van der Waals surface area contributed by atoms with E-state index >= 15 is 0 Å². The summed E-state index contributed by atoms with van der Waals surface area (Å²) >= 11 is 0. The number of nitrogens with one attached hydrogen (secondary N) is 1. The third-order valence-corrected chi connectivity index (χ3v) is 2.89. The first-order valence-corrected chi connectivity index (χ1v) is 6.61. The first-order chi connectivity index (χ1) is 9.38. The van der Waals surface area contributed by atoms with Crippen molar-refractivity contribution in [2.75, 3.05) is 0 Å². The molecule has 1 aromatic heterocycles. The van der Waals surface area contributed by atoms with Crippen LogP contribution in [0.2, 0.25) is 0 Å². The van der Waals surface area contributed by atoms with E-state index in [1.54, 1.807) is 12.1 Å². The average Bonchev–Trinajstić information content (AvgIpc) is 2.79. The largest absolute Gasteiger partial charge is 0.481 e. The number of aliphatic carboxylic acids is 2. The minimum absolute atomic E-state index is 0.150. The van der Waals surface area contributed by atoms with E-state index in [2.05, 4.69) is 5.32 Å². The van der Waals surface area contributed by atoms with Gasteiger partial charge in [0.1, 0.15) is 11.8 Å². The zero-order chi connectivity index (χ0) is 15.1. The fourth-order valence-corrected chi connectivity index (χ4v) is 2.07. The molecule has 0 saturated carbocycles. The van der Waals surface area contributed by atoms with Crippen LogP contribution >= 0.6 is 0 Å². The van der Waals surface area contributed by atoms with Gasteiger partial charge in [0.2, 0.25) is 0 Å². The number of rotatable bonds is 9. The molecule has 112 valence electrons. The molecule has 20 heavy (non-hydrogen) atoms. The molecule has 0 saturated heterocycles. The van der Waals surface area contributed by atoms with E-state index in [9.17, 15) is 14.7 Å². The summed E-state index contributed by atoms with van der Waals surface area (Å²) in [6, 6.07) is 2.23. The van der Waals surface area contributed by atoms with Crippen molar-refractivity contribution < 1.29 is 24.2 Å². The molecule has 6 nitrogen and oxygen atoms in total. The topological polar surface area (TPSA) is 99.8 Å². The molecule has 0 spiro atoms. The first kappa shape index (κ1) is 16.2. The van der Waals surface area contributed by atoms with Gasteiger partial charge >= 0.3 is 11.9 Å². The van der Waals surface area contributed by atoms with Crippen LogP contribution in [-0.2, 0) is 16.0 Å². The Hall–Kier alpha value is -1.82. The number of carboxylic acids is 2. The molecule has 2 atom stereocenters. The maximum absolute atomic E-state index is 11.2. The Morgan fingerprint density at radius 2 is 2.05 bits per heavy atom. The number of furan rings is 1. The van der Waals surface area contributed by atoms with Crippen molar-refractivity contribution in [3.8, 4) is 0 Å². The molecule has 0 aliphatic rings. The van der Waals surface area contributed by atoms with Gasteiger partial charge < -0.3 is 19.9 Å². The Balaban J connectivity index is 2.70. The van der Waals surface area contributed by atoms with Crippen LogP contribution in [0.15, 0.2) is 22.8 Å². The monoisotopic (exact) mass is 283 g/mol. The quantitative estimate of drug-likeness (QED) is 0.638. The summed E-state index contributed by atoms with van der Waals surface area (Å²) in [6.07, 6.45) is 2.16. The van der Waals surface area contributed by atoms with Crippen LogP contribution in [0, 0.1) is 5.92 Å². The van der Waals surface area contributed by atoms with Gasteiger partial charge in [0, 0.05) is 12.5 Å². The van der Waals surface area contributed by atoms with E-state index in [0.717, 1.165) is 0 Å². The minimum Gasteiger partial charge on any atom is -0.481 e. The lowest BCUT2D eigenvalue weighted by molar-refractivity contribution is -0.142. The van der Waals surface area contributed by atoms with Crippen molar-refractivity contribution in [3.63, 3.8) is 0 Å². The van der Waals surface area contributed by atoms with Crippen molar-refractivity contribution in [2.24, 2.45) is 5.92 Å². The van der Waals surface area contributed by atoms with Crippen LogP contribution < -0.4 is 5.32 Å². The first-order valence-electron chi connectivity index (χ1n) is 6.61. The molecule has 1 unspecified atom stereocenters. The fraction of sp³-hybridized carbons (Fsp3) is 0.571. The van der Waals surface area contributed by atoms with Gasteiger partial charge in [0.25, 0.3) is 0 Å². The van der Waals surface area contributed by atoms with Crippen LogP contribution in [0.25, 0.3) is 0 Å². The van der Waals surface area contributed by atoms with Crippen LogP contribution in [0.4, 0.5) is 0 Å². The van der Waals surface area contributed by atoms with E-state index in [1.807, 2.05) is 13.8 Å². The molecular formula is C14H21NO5. The van der Waals surface area contributed by atoms with Gasteiger partial charge in [-0.25, -0.2) is 0 Å². The summed E-state index contributed by atoms with van der Waals surface area (Å²) in [6.45, 7) is 3.85. The Morgan fingerprint density at radius 3 is 2.50 bits per heavy atom. The highest BCUT2D eigenvalue weighted by atomic mass is 16.4. The molecule has 1 heterocycles. The summed E-state index contributed by atoms with van der Waals surface area (Å²) in [5, 5.41) is 21.0. The van der Waals surface area contributed by atoms with Gasteiger partial charge in [-0.1, -0.05) is 13.8 Å². The minimum atomic E-state index is -0.970. The zero-order valence-electron chi connectivity index (χ0n) is 11.7. The standard InChI is InChI=1S/C14H21NO5/c1-9(2)6-12(14(18)19)15-10(8-13(16)17)7-11-4-3-5-20-11/h3-5,9-10,12,15H,6-8H2,1-2H3,(H,16,17)(H,18,19)/t10-,12?/m0/s1. The molecule has 3 N–H and O–H groups in total. The number of carbonyl (C=O) groups is 2. The molecule has 0 fully saturated rings. The second-order valence-corrected chi connectivity index (χ2v) is 5.27. The van der Waals surface area contributed by atoms with Crippen molar-refractivity contribution in [2.45, 2.75) is 45.2 Å². The van der Waals surface area contributed by atoms with Crippen molar-refractivity contribution in [1.29, 1.82) is 0 Å². The Morgan fingerprint density at radius 1 is 1.35 bits per heavy atom. The predicted molar refractivity (Wildman–Crippen MR) is 72.5 cm³/mol. The third kappa shape index (κ3) is 5.88. The Kier molecular flexibility index (Phi) is 6.24. The highest BCUT2D eigenvalue weighted by Gasteiger charge is 2.24. The fourth-order valence-electron chi connectivity index (χ4n) is 2.07. The number of carboxylic acid groups (broad SMARTS) is 2. The average molecular weight is 283 g/mol. The van der Waals surface area contributed by atoms with Gasteiger partial charge in [0.15, 0.2) is 0 Å². The lowest BCUT2D eigenvalue weighted by atomic mass is 10.0. The van der Waals surface area contributed by atoms with Crippen LogP contribution in [0.3, 0.4) is 0 Å². The summed E-state index contributed by atoms with van der Waals surface area (Å²) in [5.74, 6) is -1.09. The van der Waals surface area contributed by atoms with E-state index in [0.29, 0.717) is 18.6 Å². The predicted octanol–water partition coefficient (Wildman–Crippen LogP) is 1.75. The summed E-state index contributed by atoms with van der Waals surface area (Å²) in [4.78, 5) is 22.1. The second-order valence-electron chi connectivity index (χ2n) is 5.27. The molecule has 0 aliphatic carbocycles. The van der Waals surface area contributed by atoms with E-state index in [1.165, 1.54) is 6.26 Å². The number of hydrogen-bond acceptors (Lipinski definition) is 4. The molecule has 0 aliphatic heterocycles. The smallest absolute Gasteiger partial charge is 0.320 e. The maximum Gasteiger partial charge on any atom is 0.320 e. The lowest BCUT2D eigenvalue weighted by Crippen LogP contribution is -2.45. The molecular weight excluding hydrogens is 262 g/mol. The summed E-state index contributed by atoms with van der Waals surface area (Å²) in [7, 11) is 0. The number of hydrogen-bond donors (Lipinski definition) is 3. The van der Waals surface area contributed by atoms with Crippen molar-refractivity contribution >= 4 is 11.9 Å². The molecule has 1 aromatic rings.